The van der Waals surface area contributed by atoms with E-state index in [2.05, 4.69) is 42.2 Å². The minimum Gasteiger partial charge on any atom is -0.349 e. The Morgan fingerprint density at radius 3 is 2.79 bits per heavy atom. The molecule has 0 saturated heterocycles. The molecule has 0 aromatic carbocycles. The third-order valence-electron chi connectivity index (χ3n) is 3.81. The van der Waals surface area contributed by atoms with E-state index in [1.165, 1.54) is 26.6 Å². The number of fused-ring (bicyclic) bond motifs is 1. The number of carbonyl (C=O) groups excluding carboxylic acids is 1. The molecule has 1 amide bonds. The molecule has 0 fully saturated rings. The van der Waals surface area contributed by atoms with Crippen LogP contribution in [0.4, 0.5) is 0 Å². The largest absolute Gasteiger partial charge is 0.349 e. The molecule has 2 aromatic heterocycles. The molecule has 0 saturated carbocycles. The average Bonchev–Trinajstić information content (AvgIpc) is 3.09. The Labute approximate surface area is 156 Å². The van der Waals surface area contributed by atoms with Gasteiger partial charge in [0.25, 0.3) is 5.91 Å². The minimum atomic E-state index is -3.58. The van der Waals surface area contributed by atoms with Crippen molar-refractivity contribution in [3.05, 3.63) is 39.1 Å². The van der Waals surface area contributed by atoms with Crippen molar-refractivity contribution in [3.8, 4) is 0 Å². The molecule has 11 heteroatoms. The van der Waals surface area contributed by atoms with E-state index >= 15 is 0 Å². The van der Waals surface area contributed by atoms with Crippen LogP contribution in [0.15, 0.2) is 27.7 Å². The summed E-state index contributed by atoms with van der Waals surface area (Å²) in [5, 5.41) is 2.84. The predicted molar refractivity (Wildman–Crippen MR) is 95.1 cm³/mol. The van der Waals surface area contributed by atoms with Gasteiger partial charge in [0.05, 0.1) is 20.8 Å². The van der Waals surface area contributed by atoms with Gasteiger partial charge in [-0.3, -0.25) is 4.79 Å². The first kappa shape index (κ1) is 17.6. The van der Waals surface area contributed by atoms with Crippen LogP contribution < -0.4 is 5.32 Å². The molecule has 0 aliphatic carbocycles. The van der Waals surface area contributed by atoms with E-state index < -0.39 is 10.2 Å². The van der Waals surface area contributed by atoms with Gasteiger partial charge in [-0.15, -0.1) is 0 Å². The van der Waals surface area contributed by atoms with Crippen LogP contribution in [0, 0.1) is 0 Å². The highest BCUT2D eigenvalue weighted by Crippen LogP contribution is 2.33. The average molecular weight is 481 g/mol. The molecule has 8 nitrogen and oxygen atoms in total. The molecule has 24 heavy (non-hydrogen) atoms. The Balaban J connectivity index is 1.90. The number of rotatable bonds is 4. The van der Waals surface area contributed by atoms with Crippen LogP contribution in [-0.4, -0.2) is 52.8 Å². The fourth-order valence-corrected chi connectivity index (χ4v) is 4.37. The van der Waals surface area contributed by atoms with Gasteiger partial charge in [0, 0.05) is 33.3 Å². The van der Waals surface area contributed by atoms with Gasteiger partial charge in [0.2, 0.25) is 0 Å². The van der Waals surface area contributed by atoms with Crippen LogP contribution in [0.5, 0.6) is 0 Å². The molecule has 1 atom stereocenters. The highest BCUT2D eigenvalue weighted by atomic mass is 79.9. The lowest BCUT2D eigenvalue weighted by Crippen LogP contribution is -2.39. The second kappa shape index (κ2) is 6.28. The van der Waals surface area contributed by atoms with Gasteiger partial charge in [0.15, 0.2) is 0 Å². The molecule has 130 valence electrons. The zero-order valence-electron chi connectivity index (χ0n) is 12.9. The third kappa shape index (κ3) is 2.93. The Hall–Kier alpha value is -1.17. The minimum absolute atomic E-state index is 0.0659. The smallest absolute Gasteiger partial charge is 0.308 e. The summed E-state index contributed by atoms with van der Waals surface area (Å²) >= 11 is 6.89. The fraction of sp³-hybridized carbons (Fsp3) is 0.385. The molecule has 1 N–H and O–H groups in total. The molecule has 1 aliphatic heterocycles. The van der Waals surface area contributed by atoms with Crippen LogP contribution in [0.25, 0.3) is 0 Å². The monoisotopic (exact) mass is 479 g/mol. The first-order valence-corrected chi connectivity index (χ1v) is 10.0. The molecule has 3 heterocycles. The SMILES string of the molecule is CN(C)S(=O)(=O)n1cnc(C[C@@H]2CNC(=O)c3cc(Br)c(Br)n32)c1. The molecular weight excluding hydrogens is 466 g/mol. The quantitative estimate of drug-likeness (QED) is 0.716. The summed E-state index contributed by atoms with van der Waals surface area (Å²) in [7, 11) is -0.647. The van der Waals surface area contributed by atoms with Crippen LogP contribution in [0.2, 0.25) is 0 Å². The molecule has 3 rings (SSSR count). The maximum absolute atomic E-state index is 12.1. The van der Waals surface area contributed by atoms with Gasteiger partial charge in [-0.2, -0.15) is 12.7 Å². The van der Waals surface area contributed by atoms with Crippen molar-refractivity contribution in [1.29, 1.82) is 0 Å². The van der Waals surface area contributed by atoms with E-state index in [1.807, 2.05) is 4.57 Å². The van der Waals surface area contributed by atoms with Crippen molar-refractivity contribution in [2.75, 3.05) is 20.6 Å². The molecule has 0 unspecified atom stereocenters. The first-order chi connectivity index (χ1) is 11.2. The Morgan fingerprint density at radius 1 is 1.42 bits per heavy atom. The maximum atomic E-state index is 12.1. The summed E-state index contributed by atoms with van der Waals surface area (Å²) < 4.78 is 29.9. The summed E-state index contributed by atoms with van der Waals surface area (Å²) in [5.41, 5.74) is 1.18. The van der Waals surface area contributed by atoms with E-state index in [-0.39, 0.29) is 11.9 Å². The molecular formula is C13H15Br2N5O3S. The van der Waals surface area contributed by atoms with Crippen molar-refractivity contribution in [2.45, 2.75) is 12.5 Å². The lowest BCUT2D eigenvalue weighted by Gasteiger charge is -2.26. The summed E-state index contributed by atoms with van der Waals surface area (Å²) in [6.45, 7) is 0.443. The zero-order valence-corrected chi connectivity index (χ0v) is 16.9. The summed E-state index contributed by atoms with van der Waals surface area (Å²) in [6.07, 6.45) is 3.27. The number of aromatic nitrogens is 3. The van der Waals surface area contributed by atoms with Crippen molar-refractivity contribution in [3.63, 3.8) is 0 Å². The van der Waals surface area contributed by atoms with E-state index in [0.29, 0.717) is 24.4 Å². The lowest BCUT2D eigenvalue weighted by molar-refractivity contribution is 0.0913. The molecule has 2 aromatic rings. The van der Waals surface area contributed by atoms with Crippen molar-refractivity contribution < 1.29 is 13.2 Å². The van der Waals surface area contributed by atoms with E-state index in [4.69, 9.17) is 0 Å². The highest BCUT2D eigenvalue weighted by molar-refractivity contribution is 9.13. The van der Waals surface area contributed by atoms with Gasteiger partial charge in [-0.1, -0.05) is 0 Å². The van der Waals surface area contributed by atoms with Crippen molar-refractivity contribution in [1.82, 2.24) is 23.1 Å². The first-order valence-electron chi connectivity index (χ1n) is 7.02. The molecule has 0 radical (unpaired) electrons. The van der Waals surface area contributed by atoms with Gasteiger partial charge in [0.1, 0.15) is 12.0 Å². The number of hydrogen-bond acceptors (Lipinski definition) is 4. The predicted octanol–water partition coefficient (Wildman–Crippen LogP) is 1.39. The van der Waals surface area contributed by atoms with Crippen molar-refractivity contribution >= 4 is 48.0 Å². The topological polar surface area (TPSA) is 89.2 Å². The second-order valence-electron chi connectivity index (χ2n) is 5.59. The number of carbonyl (C=O) groups is 1. The van der Waals surface area contributed by atoms with Crippen molar-refractivity contribution in [2.24, 2.45) is 0 Å². The fourth-order valence-electron chi connectivity index (χ4n) is 2.56. The van der Waals surface area contributed by atoms with E-state index in [1.54, 1.807) is 6.07 Å². The second-order valence-corrected chi connectivity index (χ2v) is 9.24. The third-order valence-corrected chi connectivity index (χ3v) is 7.42. The van der Waals surface area contributed by atoms with Crippen LogP contribution >= 0.6 is 31.9 Å². The molecule has 0 bridgehead atoms. The molecule has 1 aliphatic rings. The summed E-state index contributed by atoms with van der Waals surface area (Å²) in [5.74, 6) is -0.140. The van der Waals surface area contributed by atoms with Crippen LogP contribution in [0.1, 0.15) is 22.2 Å². The normalized spacial score (nSPS) is 17.9. The number of imidazole rings is 1. The van der Waals surface area contributed by atoms with E-state index in [0.717, 1.165) is 17.4 Å². The zero-order chi connectivity index (χ0) is 17.6. The van der Waals surface area contributed by atoms with E-state index in [9.17, 15) is 13.2 Å². The highest BCUT2D eigenvalue weighted by Gasteiger charge is 2.29. The van der Waals surface area contributed by atoms with Gasteiger partial charge < -0.3 is 9.88 Å². The summed E-state index contributed by atoms with van der Waals surface area (Å²) in [6, 6.07) is 1.68. The van der Waals surface area contributed by atoms with Gasteiger partial charge in [-0.25, -0.2) is 8.96 Å². The maximum Gasteiger partial charge on any atom is 0.308 e. The molecule has 0 spiro atoms. The number of halogens is 2. The summed E-state index contributed by atoms with van der Waals surface area (Å²) in [4.78, 5) is 16.2. The Morgan fingerprint density at radius 2 is 2.12 bits per heavy atom. The number of nitrogens with one attached hydrogen (secondary N) is 1. The number of amides is 1. The Kier molecular flexibility index (Phi) is 4.62. The lowest BCUT2D eigenvalue weighted by atomic mass is 10.1. The van der Waals surface area contributed by atoms with Gasteiger partial charge >= 0.3 is 10.2 Å². The Bertz CT molecular complexity index is 903. The standard InChI is InChI=1S/C13H15Br2N5O3S/c1-18(2)24(22,23)19-6-8(17-7-19)3-9-5-16-13(21)11-4-10(14)12(15)20(9)11/h4,6-7,9H,3,5H2,1-2H3,(H,16,21)/t9-/m1/s1. The van der Waals surface area contributed by atoms with Crippen LogP contribution in [0.3, 0.4) is 0 Å². The number of nitrogens with zero attached hydrogens (tertiary/aromatic N) is 4. The van der Waals surface area contributed by atoms with Gasteiger partial charge in [-0.05, 0) is 37.9 Å². The number of hydrogen-bond donors (Lipinski definition) is 1. The van der Waals surface area contributed by atoms with Crippen LogP contribution in [-0.2, 0) is 16.6 Å².